The fraction of sp³-hybridized carbons (Fsp3) is 0.143. The number of aliphatic imine (C=N–C) groups is 2. The SMILES string of the molecule is CC1(C)c2ccccc2-c2ccc3c(c21)N(c1ccc(C2=NC(c4ccccc4)N=C(c4ccccc4)N2)cc1)C1C=CC=CC31. The van der Waals surface area contributed by atoms with Gasteiger partial charge in [0.1, 0.15) is 11.7 Å². The summed E-state index contributed by atoms with van der Waals surface area (Å²) in [7, 11) is 0. The second kappa shape index (κ2) is 10.3. The van der Waals surface area contributed by atoms with Crippen LogP contribution in [0.15, 0.2) is 156 Å². The van der Waals surface area contributed by atoms with Gasteiger partial charge in [0.15, 0.2) is 6.17 Å². The fourth-order valence-corrected chi connectivity index (χ4v) is 7.86. The molecule has 2 heterocycles. The summed E-state index contributed by atoms with van der Waals surface area (Å²) in [5.74, 6) is 1.97. The van der Waals surface area contributed by atoms with Crippen molar-refractivity contribution in [3.8, 4) is 11.1 Å². The Kier molecular flexibility index (Phi) is 6.01. The molecule has 0 spiro atoms. The van der Waals surface area contributed by atoms with Gasteiger partial charge in [0, 0.05) is 28.1 Å². The largest absolute Gasteiger partial charge is 0.333 e. The maximum absolute atomic E-state index is 5.10. The molecular weight excluding hydrogens is 560 g/mol. The van der Waals surface area contributed by atoms with E-state index in [9.17, 15) is 0 Å². The summed E-state index contributed by atoms with van der Waals surface area (Å²) in [6.07, 6.45) is 8.81. The molecule has 0 bridgehead atoms. The van der Waals surface area contributed by atoms with Gasteiger partial charge in [0.05, 0.1) is 11.7 Å². The van der Waals surface area contributed by atoms with Gasteiger partial charge in [0.2, 0.25) is 0 Å². The second-order valence-corrected chi connectivity index (χ2v) is 13.0. The Hall–Kier alpha value is -5.48. The molecular formula is C42H34N4. The zero-order valence-electron chi connectivity index (χ0n) is 25.9. The van der Waals surface area contributed by atoms with Crippen molar-refractivity contribution in [1.29, 1.82) is 0 Å². The normalized spacial score (nSPS) is 21.4. The first kappa shape index (κ1) is 26.9. The number of hydrogen-bond donors (Lipinski definition) is 1. The van der Waals surface area contributed by atoms with Gasteiger partial charge in [-0.05, 0) is 57.6 Å². The molecule has 46 heavy (non-hydrogen) atoms. The van der Waals surface area contributed by atoms with Gasteiger partial charge >= 0.3 is 0 Å². The van der Waals surface area contributed by atoms with E-state index in [1.807, 2.05) is 36.4 Å². The maximum Gasteiger partial charge on any atom is 0.169 e. The molecule has 0 aromatic heterocycles. The molecule has 3 atom stereocenters. The van der Waals surface area contributed by atoms with Crippen molar-refractivity contribution in [2.75, 3.05) is 4.90 Å². The number of amidine groups is 2. The number of fused-ring (bicyclic) bond motifs is 7. The van der Waals surface area contributed by atoms with Crippen LogP contribution in [0.4, 0.5) is 11.4 Å². The fourth-order valence-electron chi connectivity index (χ4n) is 7.86. The molecule has 4 heteroatoms. The van der Waals surface area contributed by atoms with Gasteiger partial charge in [-0.15, -0.1) is 0 Å². The topological polar surface area (TPSA) is 40.0 Å². The summed E-state index contributed by atoms with van der Waals surface area (Å²) in [4.78, 5) is 12.7. The number of benzene rings is 5. The number of rotatable bonds is 4. The van der Waals surface area contributed by atoms with Crippen LogP contribution in [0.2, 0.25) is 0 Å². The third-order valence-corrected chi connectivity index (χ3v) is 10.0. The molecule has 2 aliphatic carbocycles. The molecule has 4 nitrogen and oxygen atoms in total. The van der Waals surface area contributed by atoms with E-state index >= 15 is 0 Å². The lowest BCUT2D eigenvalue weighted by Gasteiger charge is -2.32. The Morgan fingerprint density at radius 2 is 1.28 bits per heavy atom. The zero-order chi connectivity index (χ0) is 30.8. The van der Waals surface area contributed by atoms with Crippen LogP contribution >= 0.6 is 0 Å². The Bertz CT molecular complexity index is 2100. The highest BCUT2D eigenvalue weighted by Crippen LogP contribution is 2.59. The van der Waals surface area contributed by atoms with Gasteiger partial charge < -0.3 is 10.2 Å². The smallest absolute Gasteiger partial charge is 0.169 e. The minimum atomic E-state index is -0.316. The van der Waals surface area contributed by atoms with Crippen molar-refractivity contribution < 1.29 is 0 Å². The molecule has 2 aliphatic heterocycles. The van der Waals surface area contributed by atoms with Crippen LogP contribution in [0.3, 0.4) is 0 Å². The Labute approximate surface area is 270 Å². The van der Waals surface area contributed by atoms with Gasteiger partial charge in [0.25, 0.3) is 0 Å². The third kappa shape index (κ3) is 4.06. The van der Waals surface area contributed by atoms with Crippen molar-refractivity contribution in [3.63, 3.8) is 0 Å². The minimum Gasteiger partial charge on any atom is -0.333 e. The van der Waals surface area contributed by atoms with Gasteiger partial charge in [-0.3, -0.25) is 0 Å². The molecule has 222 valence electrons. The molecule has 9 rings (SSSR count). The molecule has 3 unspecified atom stereocenters. The van der Waals surface area contributed by atoms with Crippen molar-refractivity contribution >= 4 is 23.0 Å². The summed E-state index contributed by atoms with van der Waals surface area (Å²) < 4.78 is 0. The average Bonchev–Trinajstić information content (AvgIpc) is 3.57. The van der Waals surface area contributed by atoms with E-state index in [1.165, 1.54) is 39.2 Å². The van der Waals surface area contributed by atoms with Gasteiger partial charge in [-0.25, -0.2) is 9.98 Å². The van der Waals surface area contributed by atoms with E-state index < -0.39 is 0 Å². The first-order valence-corrected chi connectivity index (χ1v) is 16.1. The van der Waals surface area contributed by atoms with Crippen molar-refractivity contribution in [2.24, 2.45) is 9.98 Å². The van der Waals surface area contributed by atoms with Crippen molar-refractivity contribution in [2.45, 2.75) is 37.4 Å². The molecule has 0 fully saturated rings. The Morgan fingerprint density at radius 1 is 0.630 bits per heavy atom. The van der Waals surface area contributed by atoms with E-state index in [-0.39, 0.29) is 17.6 Å². The van der Waals surface area contributed by atoms with Crippen LogP contribution in [0, 0.1) is 0 Å². The van der Waals surface area contributed by atoms with Gasteiger partial charge in [-0.2, -0.15) is 0 Å². The van der Waals surface area contributed by atoms with Crippen LogP contribution < -0.4 is 10.2 Å². The van der Waals surface area contributed by atoms with Gasteiger partial charge in [-0.1, -0.05) is 135 Å². The Morgan fingerprint density at radius 3 is 2.04 bits per heavy atom. The molecule has 4 aliphatic rings. The van der Waals surface area contributed by atoms with Crippen LogP contribution in [0.5, 0.6) is 0 Å². The quantitative estimate of drug-likeness (QED) is 0.225. The lowest BCUT2D eigenvalue weighted by atomic mass is 9.80. The molecule has 0 saturated heterocycles. The lowest BCUT2D eigenvalue weighted by molar-refractivity contribution is 0.658. The third-order valence-electron chi connectivity index (χ3n) is 10.0. The first-order valence-electron chi connectivity index (χ1n) is 16.1. The first-order chi connectivity index (χ1) is 22.6. The highest BCUT2D eigenvalue weighted by molar-refractivity contribution is 6.16. The highest BCUT2D eigenvalue weighted by Gasteiger charge is 2.46. The summed E-state index contributed by atoms with van der Waals surface area (Å²) in [5, 5.41) is 3.56. The van der Waals surface area contributed by atoms with E-state index in [1.54, 1.807) is 0 Å². The summed E-state index contributed by atoms with van der Waals surface area (Å²) in [6, 6.07) is 43.4. The molecule has 0 radical (unpaired) electrons. The predicted molar refractivity (Wildman–Crippen MR) is 189 cm³/mol. The van der Waals surface area contributed by atoms with E-state index in [0.29, 0.717) is 5.92 Å². The molecule has 0 amide bonds. The standard InChI is InChI=1S/C42H34N4/c1-42(2)35-19-11-9-17-31(35)33-25-26-34-32-18-10-12-20-36(32)46(38(34)37(33)42)30-23-21-29(22-24-30)41-44-39(27-13-5-3-6-14-27)43-40(45-41)28-15-7-4-8-16-28/h3-26,32,36,39H,1-2H3,(H,43,44,45). The minimum absolute atomic E-state index is 0.100. The molecule has 0 saturated carbocycles. The van der Waals surface area contributed by atoms with Crippen molar-refractivity contribution in [1.82, 2.24) is 5.32 Å². The zero-order valence-corrected chi connectivity index (χ0v) is 25.9. The molecule has 5 aromatic rings. The molecule has 1 N–H and O–H groups in total. The molecule has 5 aromatic carbocycles. The van der Waals surface area contributed by atoms with E-state index in [0.717, 1.165) is 28.4 Å². The van der Waals surface area contributed by atoms with Crippen LogP contribution in [0.25, 0.3) is 11.1 Å². The monoisotopic (exact) mass is 594 g/mol. The summed E-state index contributed by atoms with van der Waals surface area (Å²) in [6.45, 7) is 4.77. The van der Waals surface area contributed by atoms with Crippen LogP contribution in [-0.2, 0) is 5.41 Å². The number of nitrogens with zero attached hydrogens (tertiary/aromatic N) is 3. The number of hydrogen-bond acceptors (Lipinski definition) is 4. The van der Waals surface area contributed by atoms with Crippen LogP contribution in [-0.4, -0.2) is 17.7 Å². The number of anilines is 2. The van der Waals surface area contributed by atoms with Crippen molar-refractivity contribution in [3.05, 3.63) is 179 Å². The second-order valence-electron chi connectivity index (χ2n) is 13.0. The summed E-state index contributed by atoms with van der Waals surface area (Å²) >= 11 is 0. The number of nitrogens with one attached hydrogen (secondary N) is 1. The Balaban J connectivity index is 1.13. The average molecular weight is 595 g/mol. The lowest BCUT2D eigenvalue weighted by Crippen LogP contribution is -2.36. The predicted octanol–water partition coefficient (Wildman–Crippen LogP) is 9.22. The van der Waals surface area contributed by atoms with E-state index in [2.05, 4.69) is 133 Å². The van der Waals surface area contributed by atoms with E-state index in [4.69, 9.17) is 9.98 Å². The highest BCUT2D eigenvalue weighted by atomic mass is 15.2. The number of allylic oxidation sites excluding steroid dienone is 2. The summed E-state index contributed by atoms with van der Waals surface area (Å²) in [5.41, 5.74) is 12.5. The maximum atomic E-state index is 5.10. The van der Waals surface area contributed by atoms with Crippen LogP contribution in [0.1, 0.15) is 59.3 Å².